The lowest BCUT2D eigenvalue weighted by molar-refractivity contribution is 0.00844. The highest BCUT2D eigenvalue weighted by Crippen LogP contribution is 2.37. The molecule has 3 fully saturated rings. The van der Waals surface area contributed by atoms with Gasteiger partial charge in [0.15, 0.2) is 0 Å². The lowest BCUT2D eigenvalue weighted by atomic mass is 9.88. The smallest absolute Gasteiger partial charge is 0.0952 e. The molecule has 144 valence electrons. The molecular weight excluding hydrogens is 326 g/mol. The largest absolute Gasteiger partial charge is 0.381 e. The van der Waals surface area contributed by atoms with E-state index in [1.54, 1.807) is 0 Å². The standard InChI is InChI=1S/C21H33N3O2/c1-2-19(3-1)23-11-18(14-26-13-17-6-8-25-9-7-17)21-20(12-23)22-15-24(21)10-16-4-5-16/h15-19H,1-14H2/t18-/m1/s1. The molecule has 2 saturated carbocycles. The van der Waals surface area contributed by atoms with Crippen LogP contribution in [0.5, 0.6) is 0 Å². The molecule has 0 N–H and O–H groups in total. The molecule has 0 amide bonds. The van der Waals surface area contributed by atoms with E-state index in [1.165, 1.54) is 50.0 Å². The van der Waals surface area contributed by atoms with E-state index in [2.05, 4.69) is 15.8 Å². The normalized spacial score (nSPS) is 28.1. The Bertz CT molecular complexity index is 602. The van der Waals surface area contributed by atoms with Gasteiger partial charge in [-0.15, -0.1) is 0 Å². The van der Waals surface area contributed by atoms with Crippen molar-refractivity contribution in [3.05, 3.63) is 17.7 Å². The van der Waals surface area contributed by atoms with Gasteiger partial charge in [0.25, 0.3) is 0 Å². The Labute approximate surface area is 157 Å². The van der Waals surface area contributed by atoms with Gasteiger partial charge in [-0.3, -0.25) is 4.90 Å². The zero-order valence-electron chi connectivity index (χ0n) is 15.9. The molecule has 0 radical (unpaired) electrons. The Balaban J connectivity index is 1.26. The zero-order chi connectivity index (χ0) is 17.3. The van der Waals surface area contributed by atoms with Gasteiger partial charge in [0.05, 0.1) is 18.6 Å². The number of fused-ring (bicyclic) bond motifs is 1. The number of imidazole rings is 1. The maximum atomic E-state index is 6.27. The van der Waals surface area contributed by atoms with Crippen molar-refractivity contribution in [1.29, 1.82) is 0 Å². The predicted octanol–water partition coefficient (Wildman–Crippen LogP) is 3.19. The van der Waals surface area contributed by atoms with Crippen molar-refractivity contribution in [2.75, 3.05) is 33.0 Å². The molecule has 0 bridgehead atoms. The van der Waals surface area contributed by atoms with Gasteiger partial charge in [-0.2, -0.15) is 0 Å². The van der Waals surface area contributed by atoms with Gasteiger partial charge in [-0.1, -0.05) is 6.42 Å². The molecule has 1 aromatic heterocycles. The summed E-state index contributed by atoms with van der Waals surface area (Å²) < 4.78 is 14.2. The summed E-state index contributed by atoms with van der Waals surface area (Å²) in [7, 11) is 0. The maximum absolute atomic E-state index is 6.27. The average molecular weight is 360 g/mol. The number of hydrogen-bond acceptors (Lipinski definition) is 4. The van der Waals surface area contributed by atoms with Crippen LogP contribution < -0.4 is 0 Å². The Morgan fingerprint density at radius 1 is 1.04 bits per heavy atom. The van der Waals surface area contributed by atoms with Gasteiger partial charge in [0.1, 0.15) is 0 Å². The van der Waals surface area contributed by atoms with E-state index in [0.29, 0.717) is 11.8 Å². The van der Waals surface area contributed by atoms with Crippen molar-refractivity contribution in [2.24, 2.45) is 11.8 Å². The van der Waals surface area contributed by atoms with Gasteiger partial charge in [0, 0.05) is 57.1 Å². The minimum Gasteiger partial charge on any atom is -0.381 e. The molecule has 5 nitrogen and oxygen atoms in total. The first-order valence-corrected chi connectivity index (χ1v) is 10.8. The van der Waals surface area contributed by atoms with E-state index >= 15 is 0 Å². The first kappa shape index (κ1) is 17.2. The highest BCUT2D eigenvalue weighted by atomic mass is 16.5. The van der Waals surface area contributed by atoms with Crippen LogP contribution in [0.15, 0.2) is 6.33 Å². The molecule has 0 unspecified atom stereocenters. The first-order chi connectivity index (χ1) is 12.9. The Kier molecular flexibility index (Phi) is 5.03. The molecule has 5 heteroatoms. The van der Waals surface area contributed by atoms with Crippen LogP contribution in [-0.4, -0.2) is 53.5 Å². The van der Waals surface area contributed by atoms with Gasteiger partial charge < -0.3 is 14.0 Å². The van der Waals surface area contributed by atoms with Crippen molar-refractivity contribution >= 4 is 0 Å². The fraction of sp³-hybridized carbons (Fsp3) is 0.857. The predicted molar refractivity (Wildman–Crippen MR) is 100 cm³/mol. The van der Waals surface area contributed by atoms with Gasteiger partial charge in [0.2, 0.25) is 0 Å². The van der Waals surface area contributed by atoms with Crippen LogP contribution >= 0.6 is 0 Å². The minimum absolute atomic E-state index is 0.487. The van der Waals surface area contributed by atoms with E-state index in [1.807, 2.05) is 0 Å². The fourth-order valence-electron chi connectivity index (χ4n) is 4.83. The summed E-state index contributed by atoms with van der Waals surface area (Å²) >= 11 is 0. The molecule has 0 aromatic carbocycles. The molecule has 0 spiro atoms. The third kappa shape index (κ3) is 3.71. The van der Waals surface area contributed by atoms with Crippen molar-refractivity contribution < 1.29 is 9.47 Å². The summed E-state index contributed by atoms with van der Waals surface area (Å²) in [6, 6.07) is 0.787. The van der Waals surface area contributed by atoms with E-state index in [-0.39, 0.29) is 0 Å². The first-order valence-electron chi connectivity index (χ1n) is 10.8. The molecule has 26 heavy (non-hydrogen) atoms. The second kappa shape index (κ2) is 7.61. The van der Waals surface area contributed by atoms with Crippen molar-refractivity contribution in [3.8, 4) is 0 Å². The monoisotopic (exact) mass is 359 g/mol. The number of ether oxygens (including phenoxy) is 2. The zero-order valence-corrected chi connectivity index (χ0v) is 15.9. The summed E-state index contributed by atoms with van der Waals surface area (Å²) in [5, 5.41) is 0. The summed E-state index contributed by atoms with van der Waals surface area (Å²) in [6.07, 6.45) is 11.3. The third-order valence-electron chi connectivity index (χ3n) is 6.91. The van der Waals surface area contributed by atoms with Crippen molar-refractivity contribution in [2.45, 2.75) is 70.0 Å². The second-order valence-corrected chi connectivity index (χ2v) is 8.98. The SMILES string of the molecule is c1nc2c(n1CC1CC1)[C@@H](COCC1CCOCC1)CN(C1CCC1)C2. The second-order valence-electron chi connectivity index (χ2n) is 8.98. The van der Waals surface area contributed by atoms with E-state index in [0.717, 1.165) is 64.3 Å². The molecule has 2 aliphatic heterocycles. The van der Waals surface area contributed by atoms with Crippen LogP contribution in [0.3, 0.4) is 0 Å². The molecule has 5 rings (SSSR count). The topological polar surface area (TPSA) is 39.5 Å². The van der Waals surface area contributed by atoms with Crippen molar-refractivity contribution in [3.63, 3.8) is 0 Å². The molecule has 4 aliphatic rings. The maximum Gasteiger partial charge on any atom is 0.0952 e. The molecule has 1 atom stereocenters. The van der Waals surface area contributed by atoms with Crippen LogP contribution in [-0.2, 0) is 22.6 Å². The Morgan fingerprint density at radius 2 is 1.88 bits per heavy atom. The summed E-state index contributed by atoms with van der Waals surface area (Å²) in [5.41, 5.74) is 2.81. The highest BCUT2D eigenvalue weighted by Gasteiger charge is 2.36. The summed E-state index contributed by atoms with van der Waals surface area (Å²) in [6.45, 7) is 6.94. The van der Waals surface area contributed by atoms with Crippen LogP contribution in [0, 0.1) is 11.8 Å². The minimum atomic E-state index is 0.487. The number of aromatic nitrogens is 2. The van der Waals surface area contributed by atoms with E-state index < -0.39 is 0 Å². The van der Waals surface area contributed by atoms with E-state index in [4.69, 9.17) is 14.5 Å². The van der Waals surface area contributed by atoms with Crippen LogP contribution in [0.4, 0.5) is 0 Å². The fourth-order valence-corrected chi connectivity index (χ4v) is 4.83. The highest BCUT2D eigenvalue weighted by molar-refractivity contribution is 5.23. The van der Waals surface area contributed by atoms with Crippen LogP contribution in [0.25, 0.3) is 0 Å². The molecule has 2 aliphatic carbocycles. The summed E-state index contributed by atoms with van der Waals surface area (Å²) in [4.78, 5) is 7.51. The van der Waals surface area contributed by atoms with E-state index in [9.17, 15) is 0 Å². The third-order valence-corrected chi connectivity index (χ3v) is 6.91. The summed E-state index contributed by atoms with van der Waals surface area (Å²) in [5.74, 6) is 2.06. The molecular formula is C21H33N3O2. The van der Waals surface area contributed by atoms with Gasteiger partial charge >= 0.3 is 0 Å². The van der Waals surface area contributed by atoms with Crippen molar-refractivity contribution in [1.82, 2.24) is 14.5 Å². The number of rotatable bonds is 7. The average Bonchev–Trinajstić information content (AvgIpc) is 3.33. The molecule has 3 heterocycles. The van der Waals surface area contributed by atoms with Crippen LogP contribution in [0.2, 0.25) is 0 Å². The lowest BCUT2D eigenvalue weighted by Gasteiger charge is -2.42. The van der Waals surface area contributed by atoms with Gasteiger partial charge in [-0.05, 0) is 50.4 Å². The Morgan fingerprint density at radius 3 is 2.62 bits per heavy atom. The Hall–Kier alpha value is -0.910. The molecule has 1 saturated heterocycles. The van der Waals surface area contributed by atoms with Crippen LogP contribution in [0.1, 0.15) is 62.3 Å². The molecule has 1 aromatic rings. The van der Waals surface area contributed by atoms with Gasteiger partial charge in [-0.25, -0.2) is 4.98 Å². The number of hydrogen-bond donors (Lipinski definition) is 0. The number of nitrogens with zero attached hydrogens (tertiary/aromatic N) is 3. The quantitative estimate of drug-likeness (QED) is 0.750. The lowest BCUT2D eigenvalue weighted by Crippen LogP contribution is -2.45.